The van der Waals surface area contributed by atoms with Crippen molar-refractivity contribution in [2.45, 2.75) is 46.3 Å². The Kier molecular flexibility index (Phi) is 5.92. The Morgan fingerprint density at radius 2 is 2.07 bits per heavy atom. The van der Waals surface area contributed by atoms with E-state index in [-0.39, 0.29) is 5.28 Å². The number of nitrogens with zero attached hydrogens (tertiary/aromatic N) is 4. The summed E-state index contributed by atoms with van der Waals surface area (Å²) in [5.41, 5.74) is 4.59. The van der Waals surface area contributed by atoms with E-state index in [1.807, 2.05) is 19.1 Å². The van der Waals surface area contributed by atoms with Gasteiger partial charge >= 0.3 is 0 Å². The zero-order valence-electron chi connectivity index (χ0n) is 15.6. The fourth-order valence-corrected chi connectivity index (χ4v) is 3.21. The maximum absolute atomic E-state index is 13.4. The van der Waals surface area contributed by atoms with E-state index in [4.69, 9.17) is 11.6 Å². The van der Waals surface area contributed by atoms with Crippen molar-refractivity contribution < 1.29 is 4.39 Å². The van der Waals surface area contributed by atoms with Crippen molar-refractivity contribution in [1.29, 1.82) is 0 Å². The number of fused-ring (bicyclic) bond motifs is 1. The molecule has 0 saturated carbocycles. The summed E-state index contributed by atoms with van der Waals surface area (Å²) < 4.78 is 15.2. The van der Waals surface area contributed by atoms with Gasteiger partial charge < -0.3 is 5.32 Å². The van der Waals surface area contributed by atoms with Crippen LogP contribution in [0.25, 0.3) is 5.52 Å². The van der Waals surface area contributed by atoms with Gasteiger partial charge in [0.15, 0.2) is 5.82 Å². The zero-order valence-corrected chi connectivity index (χ0v) is 16.3. The number of pyridine rings is 1. The molecule has 1 N–H and O–H groups in total. The highest BCUT2D eigenvalue weighted by atomic mass is 35.5. The molecular weight excluding hydrogens is 365 g/mol. The minimum absolute atomic E-state index is 0.124. The molecule has 27 heavy (non-hydrogen) atoms. The fourth-order valence-electron chi connectivity index (χ4n) is 3.05. The highest BCUT2D eigenvalue weighted by Gasteiger charge is 2.20. The molecule has 0 spiro atoms. The summed E-state index contributed by atoms with van der Waals surface area (Å²) in [5, 5.41) is 7.79. The van der Waals surface area contributed by atoms with Crippen LogP contribution in [0.5, 0.6) is 0 Å². The predicted octanol–water partition coefficient (Wildman–Crippen LogP) is 4.36. The first-order valence-corrected chi connectivity index (χ1v) is 9.16. The number of hydrogen-bond donors (Lipinski definition) is 1. The van der Waals surface area contributed by atoms with E-state index in [1.54, 1.807) is 30.8 Å². The second kappa shape index (κ2) is 8.36. The Morgan fingerprint density at radius 1 is 1.33 bits per heavy atom. The summed E-state index contributed by atoms with van der Waals surface area (Å²) in [6.07, 6.45) is 3.62. The van der Waals surface area contributed by atoms with Crippen molar-refractivity contribution in [3.05, 3.63) is 52.2 Å². The third kappa shape index (κ3) is 4.20. The Hall–Kier alpha value is -2.65. The molecule has 0 aliphatic rings. The minimum Gasteiger partial charge on any atom is -0.364 e. The number of anilines is 1. The monoisotopic (exact) mass is 385 g/mol. The average Bonchev–Trinajstić information content (AvgIpc) is 2.90. The first kappa shape index (κ1) is 19.1. The molecule has 0 aromatic carbocycles. The maximum Gasteiger partial charge on any atom is 0.243 e. The summed E-state index contributed by atoms with van der Waals surface area (Å²) in [6, 6.07) is 3.86. The van der Waals surface area contributed by atoms with Crippen LogP contribution in [-0.4, -0.2) is 25.8 Å². The lowest BCUT2D eigenvalue weighted by Crippen LogP contribution is -2.07. The SMILES string of the molecule is CC#Cc1c(CCC(C)F)c(C)c2c(NCc3ccncc3)nc(Cl)nn12. The van der Waals surface area contributed by atoms with Crippen LogP contribution < -0.4 is 5.32 Å². The molecule has 1 atom stereocenters. The van der Waals surface area contributed by atoms with E-state index in [0.717, 1.165) is 27.9 Å². The van der Waals surface area contributed by atoms with Crippen LogP contribution in [0.15, 0.2) is 24.5 Å². The third-order valence-corrected chi connectivity index (χ3v) is 4.53. The molecule has 0 aliphatic heterocycles. The van der Waals surface area contributed by atoms with E-state index in [9.17, 15) is 4.39 Å². The average molecular weight is 386 g/mol. The fraction of sp³-hybridized carbons (Fsp3) is 0.350. The second-order valence-corrected chi connectivity index (χ2v) is 6.68. The van der Waals surface area contributed by atoms with Gasteiger partial charge in [0, 0.05) is 18.9 Å². The van der Waals surface area contributed by atoms with Gasteiger partial charge in [-0.1, -0.05) is 5.92 Å². The highest BCUT2D eigenvalue weighted by molar-refractivity contribution is 6.28. The van der Waals surface area contributed by atoms with E-state index in [1.165, 1.54) is 0 Å². The zero-order chi connectivity index (χ0) is 19.4. The minimum atomic E-state index is -0.881. The quantitative estimate of drug-likeness (QED) is 0.640. The Bertz CT molecular complexity index is 1000. The van der Waals surface area contributed by atoms with Gasteiger partial charge in [0.05, 0.1) is 6.17 Å². The highest BCUT2D eigenvalue weighted by Crippen LogP contribution is 2.29. The lowest BCUT2D eigenvalue weighted by atomic mass is 10.0. The van der Waals surface area contributed by atoms with Gasteiger partial charge in [0.1, 0.15) is 11.2 Å². The Balaban J connectivity index is 2.08. The maximum atomic E-state index is 13.4. The van der Waals surface area contributed by atoms with Gasteiger partial charge in [-0.3, -0.25) is 4.98 Å². The summed E-state index contributed by atoms with van der Waals surface area (Å²) in [7, 11) is 0. The molecule has 3 rings (SSSR count). The van der Waals surface area contributed by atoms with Gasteiger partial charge in [-0.2, -0.15) is 4.98 Å². The van der Waals surface area contributed by atoms with Crippen LogP contribution in [0.2, 0.25) is 5.28 Å². The molecule has 0 radical (unpaired) electrons. The smallest absolute Gasteiger partial charge is 0.243 e. The van der Waals surface area contributed by atoms with E-state index < -0.39 is 6.17 Å². The van der Waals surface area contributed by atoms with Crippen LogP contribution >= 0.6 is 11.6 Å². The molecule has 0 amide bonds. The van der Waals surface area contributed by atoms with Crippen LogP contribution in [0, 0.1) is 18.8 Å². The number of aromatic nitrogens is 4. The number of rotatable bonds is 6. The Morgan fingerprint density at radius 3 is 2.74 bits per heavy atom. The standard InChI is InChI=1S/C20H21ClFN5/c1-4-5-17-16(7-6-13(2)22)14(3)18-19(25-20(21)26-27(17)18)24-12-15-8-10-23-11-9-15/h8-11,13H,6-7,12H2,1-3H3,(H,24,25,26). The van der Waals surface area contributed by atoms with Crippen LogP contribution in [0.1, 0.15) is 42.7 Å². The van der Waals surface area contributed by atoms with Crippen molar-refractivity contribution in [3.63, 3.8) is 0 Å². The lowest BCUT2D eigenvalue weighted by molar-refractivity contribution is 0.341. The number of halogens is 2. The number of aryl methyl sites for hydroxylation is 1. The molecule has 3 aromatic rings. The van der Waals surface area contributed by atoms with Crippen molar-refractivity contribution in [1.82, 2.24) is 19.6 Å². The largest absolute Gasteiger partial charge is 0.364 e. The van der Waals surface area contributed by atoms with Crippen LogP contribution in [0.4, 0.5) is 10.2 Å². The van der Waals surface area contributed by atoms with Gasteiger partial charge in [0.25, 0.3) is 0 Å². The summed E-state index contributed by atoms with van der Waals surface area (Å²) in [6.45, 7) is 5.89. The molecule has 3 aromatic heterocycles. The number of alkyl halides is 1. The second-order valence-electron chi connectivity index (χ2n) is 6.35. The molecule has 1 unspecified atom stereocenters. The number of nitrogens with one attached hydrogen (secondary N) is 1. The van der Waals surface area contributed by atoms with E-state index in [0.29, 0.717) is 25.2 Å². The molecule has 0 saturated heterocycles. The first-order chi connectivity index (χ1) is 13.0. The summed E-state index contributed by atoms with van der Waals surface area (Å²) in [5.74, 6) is 6.64. The molecule has 0 aliphatic carbocycles. The van der Waals surface area contributed by atoms with Crippen molar-refractivity contribution in [2.24, 2.45) is 0 Å². The van der Waals surface area contributed by atoms with Gasteiger partial charge in [0.2, 0.25) is 5.28 Å². The molecule has 140 valence electrons. The normalized spacial score (nSPS) is 11.9. The van der Waals surface area contributed by atoms with E-state index in [2.05, 4.69) is 32.2 Å². The lowest BCUT2D eigenvalue weighted by Gasteiger charge is -2.09. The molecule has 3 heterocycles. The Labute approximate surface area is 163 Å². The van der Waals surface area contributed by atoms with Gasteiger partial charge in [-0.15, -0.1) is 5.10 Å². The van der Waals surface area contributed by atoms with Crippen LogP contribution in [0.3, 0.4) is 0 Å². The molecule has 0 fully saturated rings. The van der Waals surface area contributed by atoms with Crippen molar-refractivity contribution >= 4 is 22.9 Å². The van der Waals surface area contributed by atoms with Crippen molar-refractivity contribution in [2.75, 3.05) is 5.32 Å². The molecular formula is C20H21ClFN5. The summed E-state index contributed by atoms with van der Waals surface area (Å²) >= 11 is 6.17. The molecule has 5 nitrogen and oxygen atoms in total. The van der Waals surface area contributed by atoms with Crippen molar-refractivity contribution in [3.8, 4) is 11.8 Å². The summed E-state index contributed by atoms with van der Waals surface area (Å²) in [4.78, 5) is 8.40. The number of hydrogen-bond acceptors (Lipinski definition) is 4. The first-order valence-electron chi connectivity index (χ1n) is 8.78. The van der Waals surface area contributed by atoms with Crippen LogP contribution in [-0.2, 0) is 13.0 Å². The topological polar surface area (TPSA) is 55.1 Å². The molecule has 0 bridgehead atoms. The predicted molar refractivity (Wildman–Crippen MR) is 106 cm³/mol. The van der Waals surface area contributed by atoms with Gasteiger partial charge in [-0.05, 0) is 80.0 Å². The van der Waals surface area contributed by atoms with Gasteiger partial charge in [-0.25, -0.2) is 8.91 Å². The van der Waals surface area contributed by atoms with E-state index >= 15 is 0 Å². The third-order valence-electron chi connectivity index (χ3n) is 4.37. The molecule has 7 heteroatoms.